The second kappa shape index (κ2) is 4.67. The number of benzene rings is 1. The fourth-order valence-corrected chi connectivity index (χ4v) is 1.90. The van der Waals surface area contributed by atoms with E-state index < -0.39 is 5.82 Å². The zero-order valence-electron chi connectivity index (χ0n) is 8.11. The lowest BCUT2D eigenvalue weighted by Crippen LogP contribution is -1.97. The van der Waals surface area contributed by atoms with Crippen molar-refractivity contribution in [1.29, 1.82) is 0 Å². The molecule has 3 nitrogen and oxygen atoms in total. The molecular formula is C10H8ClFN2OS. The number of nitrogen functional groups attached to an aromatic ring is 1. The van der Waals surface area contributed by atoms with Crippen LogP contribution in [0.1, 0.15) is 5.69 Å². The number of nitrogens with zero attached hydrogens (tertiary/aromatic N) is 1. The lowest BCUT2D eigenvalue weighted by molar-refractivity contribution is 0.302. The van der Waals surface area contributed by atoms with Crippen LogP contribution < -0.4 is 10.5 Å². The lowest BCUT2D eigenvalue weighted by atomic mass is 10.3. The van der Waals surface area contributed by atoms with Gasteiger partial charge < -0.3 is 10.5 Å². The van der Waals surface area contributed by atoms with Gasteiger partial charge in [0.1, 0.15) is 18.2 Å². The van der Waals surface area contributed by atoms with E-state index in [9.17, 15) is 4.39 Å². The van der Waals surface area contributed by atoms with E-state index in [0.717, 1.165) is 5.69 Å². The van der Waals surface area contributed by atoms with E-state index in [0.29, 0.717) is 10.9 Å². The summed E-state index contributed by atoms with van der Waals surface area (Å²) < 4.78 is 18.1. The predicted molar refractivity (Wildman–Crippen MR) is 62.3 cm³/mol. The Hall–Kier alpha value is -1.33. The molecule has 2 rings (SSSR count). The molecule has 6 heteroatoms. The minimum absolute atomic E-state index is 0.239. The highest BCUT2D eigenvalue weighted by atomic mass is 35.5. The van der Waals surface area contributed by atoms with Crippen LogP contribution in [0, 0.1) is 5.82 Å². The molecule has 16 heavy (non-hydrogen) atoms. The molecular weight excluding hydrogens is 251 g/mol. The Balaban J connectivity index is 2.04. The molecule has 2 N–H and O–H groups in total. The Morgan fingerprint density at radius 2 is 2.31 bits per heavy atom. The van der Waals surface area contributed by atoms with Crippen LogP contribution in [0.3, 0.4) is 0 Å². The summed E-state index contributed by atoms with van der Waals surface area (Å²) in [5.41, 5.74) is 6.20. The van der Waals surface area contributed by atoms with Crippen LogP contribution in [0.25, 0.3) is 0 Å². The van der Waals surface area contributed by atoms with Crippen molar-refractivity contribution in [2.45, 2.75) is 6.61 Å². The molecule has 0 amide bonds. The molecule has 0 saturated carbocycles. The molecule has 0 radical (unpaired) electrons. The van der Waals surface area contributed by atoms with Crippen molar-refractivity contribution in [1.82, 2.24) is 4.98 Å². The first-order valence-corrected chi connectivity index (χ1v) is 5.68. The summed E-state index contributed by atoms with van der Waals surface area (Å²) in [6.07, 6.45) is 0. The van der Waals surface area contributed by atoms with E-state index in [-0.39, 0.29) is 11.6 Å². The molecule has 0 unspecified atom stereocenters. The number of nitrogens with two attached hydrogens (primary N) is 1. The third-order valence-corrected chi connectivity index (χ3v) is 2.86. The highest BCUT2D eigenvalue weighted by Crippen LogP contribution is 2.25. The number of ether oxygens (including phenoxy) is 1. The maximum absolute atomic E-state index is 12.7. The average Bonchev–Trinajstić information content (AvgIpc) is 2.63. The van der Waals surface area contributed by atoms with Gasteiger partial charge in [0.05, 0.1) is 10.7 Å². The Bertz CT molecular complexity index is 503. The molecule has 0 fully saturated rings. The van der Waals surface area contributed by atoms with Gasteiger partial charge in [0.2, 0.25) is 0 Å². The number of hydrogen-bond donors (Lipinski definition) is 1. The summed E-state index contributed by atoms with van der Waals surface area (Å²) in [6.45, 7) is 0.263. The number of halogens is 2. The molecule has 1 heterocycles. The molecule has 2 aromatic rings. The normalized spacial score (nSPS) is 10.4. The van der Waals surface area contributed by atoms with E-state index in [1.807, 2.05) is 0 Å². The van der Waals surface area contributed by atoms with Gasteiger partial charge in [-0.05, 0) is 18.2 Å². The molecule has 0 bridgehead atoms. The van der Waals surface area contributed by atoms with Crippen LogP contribution in [-0.4, -0.2) is 4.98 Å². The molecule has 0 aliphatic carbocycles. The van der Waals surface area contributed by atoms with Gasteiger partial charge in [0.15, 0.2) is 5.13 Å². The Kier molecular flexibility index (Phi) is 3.26. The molecule has 0 spiro atoms. The number of thiazole rings is 1. The highest BCUT2D eigenvalue weighted by Gasteiger charge is 2.05. The smallest absolute Gasteiger partial charge is 0.180 e. The highest BCUT2D eigenvalue weighted by molar-refractivity contribution is 7.13. The lowest BCUT2D eigenvalue weighted by Gasteiger charge is -2.05. The topological polar surface area (TPSA) is 48.1 Å². The van der Waals surface area contributed by atoms with E-state index in [4.69, 9.17) is 22.1 Å². The SMILES string of the molecule is Nc1nc(COc2ccc(F)cc2Cl)cs1. The monoisotopic (exact) mass is 258 g/mol. The van der Waals surface area contributed by atoms with Gasteiger partial charge in [-0.2, -0.15) is 0 Å². The zero-order chi connectivity index (χ0) is 11.5. The summed E-state index contributed by atoms with van der Waals surface area (Å²) in [4.78, 5) is 4.03. The summed E-state index contributed by atoms with van der Waals surface area (Å²) in [5, 5.41) is 2.53. The van der Waals surface area contributed by atoms with E-state index in [1.54, 1.807) is 5.38 Å². The van der Waals surface area contributed by atoms with Gasteiger partial charge in [-0.1, -0.05) is 11.6 Å². The third kappa shape index (κ3) is 2.62. The van der Waals surface area contributed by atoms with Crippen molar-refractivity contribution in [3.63, 3.8) is 0 Å². The van der Waals surface area contributed by atoms with Gasteiger partial charge >= 0.3 is 0 Å². The van der Waals surface area contributed by atoms with Gasteiger partial charge in [0, 0.05) is 5.38 Å². The predicted octanol–water partition coefficient (Wildman–Crippen LogP) is 3.10. The standard InChI is InChI=1S/C10H8ClFN2OS/c11-8-3-6(12)1-2-9(8)15-4-7-5-16-10(13)14-7/h1-3,5H,4H2,(H2,13,14). The van der Waals surface area contributed by atoms with E-state index in [1.165, 1.54) is 29.5 Å². The second-order valence-electron chi connectivity index (χ2n) is 3.04. The summed E-state index contributed by atoms with van der Waals surface area (Å²) in [5.74, 6) is 0.0323. The van der Waals surface area contributed by atoms with Crippen LogP contribution in [0.2, 0.25) is 5.02 Å². The van der Waals surface area contributed by atoms with Crippen molar-refractivity contribution in [2.75, 3.05) is 5.73 Å². The van der Waals surface area contributed by atoms with Crippen molar-refractivity contribution in [3.05, 3.63) is 40.1 Å². The molecule has 0 aliphatic rings. The Morgan fingerprint density at radius 3 is 2.94 bits per heavy atom. The van der Waals surface area contributed by atoms with Crippen LogP contribution in [0.4, 0.5) is 9.52 Å². The van der Waals surface area contributed by atoms with Gasteiger partial charge in [0.25, 0.3) is 0 Å². The summed E-state index contributed by atoms with van der Waals surface area (Å²) >= 11 is 7.13. The first-order valence-electron chi connectivity index (χ1n) is 4.43. The van der Waals surface area contributed by atoms with Gasteiger partial charge in [-0.15, -0.1) is 11.3 Å². The molecule has 0 atom stereocenters. The van der Waals surface area contributed by atoms with Crippen LogP contribution in [0.15, 0.2) is 23.6 Å². The number of aromatic nitrogens is 1. The third-order valence-electron chi connectivity index (χ3n) is 1.84. The van der Waals surface area contributed by atoms with Gasteiger partial charge in [-0.3, -0.25) is 0 Å². The molecule has 0 saturated heterocycles. The first-order chi connectivity index (χ1) is 7.65. The first kappa shape index (κ1) is 11.2. The maximum Gasteiger partial charge on any atom is 0.180 e. The molecule has 1 aromatic heterocycles. The quantitative estimate of drug-likeness (QED) is 0.920. The van der Waals surface area contributed by atoms with Crippen LogP contribution in [0.5, 0.6) is 5.75 Å². The minimum atomic E-state index is -0.393. The van der Waals surface area contributed by atoms with Gasteiger partial charge in [-0.25, -0.2) is 9.37 Å². The largest absolute Gasteiger partial charge is 0.486 e. The number of hydrogen-bond acceptors (Lipinski definition) is 4. The van der Waals surface area contributed by atoms with Crippen LogP contribution >= 0.6 is 22.9 Å². The Morgan fingerprint density at radius 1 is 1.50 bits per heavy atom. The van der Waals surface area contributed by atoms with Crippen molar-refractivity contribution in [3.8, 4) is 5.75 Å². The molecule has 1 aromatic carbocycles. The van der Waals surface area contributed by atoms with Crippen molar-refractivity contribution < 1.29 is 9.13 Å². The number of anilines is 1. The fraction of sp³-hybridized carbons (Fsp3) is 0.100. The van der Waals surface area contributed by atoms with Crippen molar-refractivity contribution in [2.24, 2.45) is 0 Å². The molecule has 0 aliphatic heterocycles. The second-order valence-corrected chi connectivity index (χ2v) is 4.34. The number of rotatable bonds is 3. The van der Waals surface area contributed by atoms with E-state index in [2.05, 4.69) is 4.98 Å². The minimum Gasteiger partial charge on any atom is -0.486 e. The zero-order valence-corrected chi connectivity index (χ0v) is 9.69. The van der Waals surface area contributed by atoms with E-state index >= 15 is 0 Å². The van der Waals surface area contributed by atoms with Crippen LogP contribution in [-0.2, 0) is 6.61 Å². The fourth-order valence-electron chi connectivity index (χ4n) is 1.13. The summed E-state index contributed by atoms with van der Waals surface area (Å²) in [7, 11) is 0. The maximum atomic E-state index is 12.7. The van der Waals surface area contributed by atoms with Crippen molar-refractivity contribution >= 4 is 28.1 Å². The molecule has 84 valence electrons. The Labute approximate surface area is 101 Å². The summed E-state index contributed by atoms with van der Waals surface area (Å²) in [6, 6.07) is 3.97. The average molecular weight is 259 g/mol.